The molecule has 6 rings (SSSR count). The number of nitrogens with zero attached hydrogens (tertiary/aromatic N) is 4. The molecule has 526 valence electrons. The van der Waals surface area contributed by atoms with Crippen LogP contribution in [0.2, 0.25) is 0 Å². The van der Waals surface area contributed by atoms with Crippen LogP contribution >= 0.6 is 104 Å². The Morgan fingerprint density at radius 1 is 0.319 bits per heavy atom. The molecule has 0 heterocycles. The van der Waals surface area contributed by atoms with Crippen molar-refractivity contribution in [3.8, 4) is 23.3 Å². The summed E-state index contributed by atoms with van der Waals surface area (Å²) in [5, 5.41) is 58.9. The van der Waals surface area contributed by atoms with E-state index in [1.807, 2.05) is 143 Å². The van der Waals surface area contributed by atoms with E-state index in [0.29, 0.717) is 33.8 Å². The molecule has 6 aromatic rings. The first-order valence-corrected chi connectivity index (χ1v) is 31.9. The second-order valence-electron chi connectivity index (χ2n) is 26.6. The van der Waals surface area contributed by atoms with Crippen molar-refractivity contribution in [3.63, 3.8) is 0 Å². The van der Waals surface area contributed by atoms with Crippen molar-refractivity contribution in [2.75, 3.05) is 0 Å². The van der Waals surface area contributed by atoms with E-state index in [1.54, 1.807) is 24.3 Å². The van der Waals surface area contributed by atoms with Gasteiger partial charge in [0.05, 0.1) is 22.8 Å². The van der Waals surface area contributed by atoms with Crippen molar-refractivity contribution < 1.29 is 75.9 Å². The molecule has 0 saturated carbocycles. The maximum atomic E-state index is 12.9. The Labute approximate surface area is 608 Å². The molecule has 0 aromatic heterocycles. The maximum Gasteiger partial charge on any atom is 0.416 e. The average molecular weight is 1590 g/mol. The van der Waals surface area contributed by atoms with Gasteiger partial charge in [0.2, 0.25) is 0 Å². The number of rotatable bonds is 6. The Morgan fingerprint density at radius 3 is 0.585 bits per heavy atom. The van der Waals surface area contributed by atoms with Crippen molar-refractivity contribution in [3.05, 3.63) is 175 Å². The summed E-state index contributed by atoms with van der Waals surface area (Å²) in [5.41, 5.74) is 2.72. The van der Waals surface area contributed by atoms with Gasteiger partial charge < -0.3 is 31.3 Å². The fourth-order valence-electron chi connectivity index (χ4n) is 7.65. The van der Waals surface area contributed by atoms with E-state index < -0.39 is 48.1 Å². The SMILES string of the molecule is CC#N.CC(C)(C)c1cc([N-]c2ccc(C(F)(F)F)cc2)c([O-])c(C(C)(C)C)c1.CC(C)(C)c1cc([N-]c2ccc(C(F)(F)F)cc2)c([O-])c(C(C)(C)C)c1.CC(C)(C)c1cc([N-]c2ccc(C(F)(F)F)cc2)c([O-])c(C(C)(C)C)c1.ClC(Cl)Cl.ClC(Cl)Cl.ClC(Cl)Cl.[Mo]. The number of halogens is 18. The first-order valence-electron chi connectivity index (χ1n) is 28.0. The molecule has 0 aliphatic carbocycles. The predicted octanol–water partition coefficient (Wildman–Crippen LogP) is 26.6. The van der Waals surface area contributed by atoms with Crippen molar-refractivity contribution in [2.24, 2.45) is 0 Å². The van der Waals surface area contributed by atoms with Gasteiger partial charge in [-0.1, -0.05) is 355 Å². The largest absolute Gasteiger partial charge is 0.873 e. The quantitative estimate of drug-likeness (QED) is 0.0932. The monoisotopic (exact) mass is 1580 g/mol. The minimum absolute atomic E-state index is 0. The van der Waals surface area contributed by atoms with E-state index >= 15 is 0 Å². The van der Waals surface area contributed by atoms with Gasteiger partial charge >= 0.3 is 18.5 Å². The van der Waals surface area contributed by atoms with Gasteiger partial charge in [0.25, 0.3) is 0 Å². The molecular weight excluding hydrogens is 1510 g/mol. The second kappa shape index (κ2) is 38.0. The summed E-state index contributed by atoms with van der Waals surface area (Å²) in [6.45, 7) is 37.4. The van der Waals surface area contributed by atoms with E-state index in [1.165, 1.54) is 43.3 Å². The molecule has 7 nitrogen and oxygen atoms in total. The van der Waals surface area contributed by atoms with E-state index in [2.05, 4.69) is 16.0 Å². The fourth-order valence-corrected chi connectivity index (χ4v) is 7.65. The molecule has 0 fully saturated rings. The van der Waals surface area contributed by atoms with Crippen LogP contribution < -0.4 is 15.3 Å². The van der Waals surface area contributed by atoms with Gasteiger partial charge in [-0.25, -0.2) is 0 Å². The van der Waals surface area contributed by atoms with Crippen LogP contribution in [-0.4, -0.2) is 12.9 Å². The van der Waals surface area contributed by atoms with Crippen LogP contribution in [0.15, 0.2) is 109 Å². The summed E-state index contributed by atoms with van der Waals surface area (Å²) in [6, 6.07) is 26.2. The summed E-state index contributed by atoms with van der Waals surface area (Å²) in [5.74, 6) is -0.568. The molecule has 0 aliphatic rings. The summed E-state index contributed by atoms with van der Waals surface area (Å²) >= 11 is 43.3. The first-order chi connectivity index (χ1) is 41.7. The number of alkyl halides is 18. The Bertz CT molecular complexity index is 2960. The standard InChI is InChI=1S/3C21H25F3NO.C2H3N.3CHCl3.Mo/c3*1-19(2,3)14-11-16(20(4,5)6)18(26)17(12-14)25-15-9-7-13(8-10-15)21(22,23)24;1-2-3;3*2-1(3)4;/h3*7-12,26H,1-6H3;1H3;3*1H;/q3*-1;;;;;/p-3. The van der Waals surface area contributed by atoms with Gasteiger partial charge in [0.1, 0.15) is 0 Å². The van der Waals surface area contributed by atoms with Crippen molar-refractivity contribution in [1.82, 2.24) is 0 Å². The molecule has 0 unspecified atom stereocenters. The van der Waals surface area contributed by atoms with Crippen LogP contribution in [0.25, 0.3) is 16.0 Å². The Kier molecular flexibility index (Phi) is 37.3. The van der Waals surface area contributed by atoms with E-state index in [0.717, 1.165) is 53.1 Å². The summed E-state index contributed by atoms with van der Waals surface area (Å²) < 4.78 is 112. The van der Waals surface area contributed by atoms with Crippen LogP contribution in [0.3, 0.4) is 0 Å². The van der Waals surface area contributed by atoms with Gasteiger partial charge in [-0.3, -0.25) is 0 Å². The molecule has 0 aliphatic heterocycles. The first kappa shape index (κ1) is 92.3. The zero-order chi connectivity index (χ0) is 73.2. The molecule has 0 radical (unpaired) electrons. The van der Waals surface area contributed by atoms with E-state index in [-0.39, 0.29) is 87.9 Å². The predicted molar refractivity (Wildman–Crippen MR) is 368 cm³/mol. The smallest absolute Gasteiger partial charge is 0.416 e. The minimum Gasteiger partial charge on any atom is -0.873 e. The normalized spacial score (nSPS) is 12.0. The van der Waals surface area contributed by atoms with Gasteiger partial charge in [0.15, 0.2) is 12.9 Å². The van der Waals surface area contributed by atoms with Gasteiger partial charge in [0, 0.05) is 28.0 Å². The van der Waals surface area contributed by atoms with Crippen LogP contribution in [0.4, 0.5) is 73.6 Å². The second-order valence-corrected chi connectivity index (χ2v) is 32.5. The third kappa shape index (κ3) is 34.2. The Balaban J connectivity index is 0. The summed E-state index contributed by atoms with van der Waals surface area (Å²) in [4.78, 5) is 0. The van der Waals surface area contributed by atoms with Gasteiger partial charge in [-0.05, 0) is 49.2 Å². The number of nitriles is 1. The molecular formula is C68H78Cl9F9MoN4O3-6. The summed E-state index contributed by atoms with van der Waals surface area (Å²) in [7, 11) is 0. The van der Waals surface area contributed by atoms with Crippen LogP contribution in [0, 0.1) is 11.3 Å². The molecule has 0 bridgehead atoms. The zero-order valence-electron chi connectivity index (χ0n) is 55.3. The topological polar surface area (TPSA) is 135 Å². The Morgan fingerprint density at radius 2 is 0.468 bits per heavy atom. The third-order valence-electron chi connectivity index (χ3n) is 12.6. The molecule has 94 heavy (non-hydrogen) atoms. The summed E-state index contributed by atoms with van der Waals surface area (Å²) in [6.07, 6.45) is -13.2. The fraction of sp³-hybridized carbons (Fsp3) is 0.456. The third-order valence-corrected chi connectivity index (χ3v) is 12.6. The van der Waals surface area contributed by atoms with Gasteiger partial charge in [-0.15, -0.1) is 51.4 Å². The average Bonchev–Trinajstić information content (AvgIpc) is 0.797. The Hall–Kier alpha value is -3.72. The molecule has 0 atom stereocenters. The van der Waals surface area contributed by atoms with E-state index in [9.17, 15) is 54.8 Å². The van der Waals surface area contributed by atoms with Crippen LogP contribution in [0.5, 0.6) is 17.2 Å². The maximum absolute atomic E-state index is 12.9. The van der Waals surface area contributed by atoms with Crippen LogP contribution in [-0.2, 0) is 72.1 Å². The molecule has 0 N–H and O–H groups in total. The van der Waals surface area contributed by atoms with Crippen molar-refractivity contribution in [1.29, 1.82) is 5.26 Å². The van der Waals surface area contributed by atoms with Crippen molar-refractivity contribution in [2.45, 2.75) is 195 Å². The molecule has 26 heteroatoms. The number of hydrogen-bond acceptors (Lipinski definition) is 4. The van der Waals surface area contributed by atoms with Crippen molar-refractivity contribution >= 4 is 139 Å². The zero-order valence-corrected chi connectivity index (χ0v) is 64.2. The van der Waals surface area contributed by atoms with E-state index in [4.69, 9.17) is 110 Å². The molecule has 0 amide bonds. The molecule has 6 aromatic carbocycles. The van der Waals surface area contributed by atoms with Crippen LogP contribution in [0.1, 0.15) is 182 Å². The number of hydrogen-bond donors (Lipinski definition) is 0. The molecule has 0 spiro atoms. The molecule has 0 saturated heterocycles. The minimum atomic E-state index is -4.40. The van der Waals surface area contributed by atoms with Gasteiger partial charge in [-0.2, -0.15) is 44.8 Å². The number of benzene rings is 6.